The first-order chi connectivity index (χ1) is 9.31. The summed E-state index contributed by atoms with van der Waals surface area (Å²) in [5, 5.41) is 12.8. The van der Waals surface area contributed by atoms with Crippen LogP contribution >= 0.6 is 0 Å². The fraction of sp³-hybridized carbons (Fsp3) is 0.625. The van der Waals surface area contributed by atoms with Gasteiger partial charge in [0.15, 0.2) is 0 Å². The molecule has 0 aliphatic heterocycles. The van der Waals surface area contributed by atoms with Crippen molar-refractivity contribution >= 4 is 5.82 Å². The highest BCUT2D eigenvalue weighted by atomic mass is 15.1. The van der Waals surface area contributed by atoms with Gasteiger partial charge in [0.1, 0.15) is 11.9 Å². The Hall–Kier alpha value is -1.56. The van der Waals surface area contributed by atoms with Crippen molar-refractivity contribution in [2.24, 2.45) is 5.92 Å². The van der Waals surface area contributed by atoms with Gasteiger partial charge in [-0.25, -0.2) is 4.98 Å². The van der Waals surface area contributed by atoms with E-state index in [0.717, 1.165) is 30.1 Å². The number of aryl methyl sites for hydroxylation is 2. The minimum Gasteiger partial charge on any atom is -0.366 e. The van der Waals surface area contributed by atoms with Gasteiger partial charge in [-0.15, -0.1) is 0 Å². The molecule has 2 aliphatic carbocycles. The van der Waals surface area contributed by atoms with Crippen molar-refractivity contribution < 1.29 is 0 Å². The van der Waals surface area contributed by atoms with E-state index in [-0.39, 0.29) is 0 Å². The molecular formula is C16H21N3. The number of nitrogens with one attached hydrogen (secondary N) is 1. The van der Waals surface area contributed by atoms with E-state index in [9.17, 15) is 5.26 Å². The predicted molar refractivity (Wildman–Crippen MR) is 76.0 cm³/mol. The highest BCUT2D eigenvalue weighted by Gasteiger charge is 2.36. The molecule has 1 heterocycles. The van der Waals surface area contributed by atoms with Gasteiger partial charge >= 0.3 is 0 Å². The third-order valence-corrected chi connectivity index (χ3v) is 4.33. The molecule has 3 nitrogen and oxygen atoms in total. The van der Waals surface area contributed by atoms with Crippen LogP contribution < -0.4 is 5.32 Å². The van der Waals surface area contributed by atoms with Gasteiger partial charge in [-0.1, -0.05) is 13.3 Å². The van der Waals surface area contributed by atoms with E-state index in [1.165, 1.54) is 43.4 Å². The minimum atomic E-state index is 0.543. The zero-order chi connectivity index (χ0) is 13.2. The van der Waals surface area contributed by atoms with Crippen LogP contribution in [0.1, 0.15) is 55.8 Å². The predicted octanol–water partition coefficient (Wildman–Crippen LogP) is 3.43. The number of nitrogens with zero attached hydrogens (tertiary/aromatic N) is 2. The van der Waals surface area contributed by atoms with Crippen LogP contribution in [0.4, 0.5) is 5.82 Å². The van der Waals surface area contributed by atoms with Crippen LogP contribution in [0.5, 0.6) is 0 Å². The normalized spacial score (nSPS) is 24.4. The second-order valence-corrected chi connectivity index (χ2v) is 5.84. The lowest BCUT2D eigenvalue weighted by molar-refractivity contribution is 0.666. The summed E-state index contributed by atoms with van der Waals surface area (Å²) in [4.78, 5) is 4.73. The van der Waals surface area contributed by atoms with Crippen molar-refractivity contribution in [1.29, 1.82) is 5.26 Å². The van der Waals surface area contributed by atoms with Gasteiger partial charge in [-0.2, -0.15) is 5.26 Å². The van der Waals surface area contributed by atoms with Crippen LogP contribution in [-0.2, 0) is 12.8 Å². The smallest absolute Gasteiger partial charge is 0.144 e. The highest BCUT2D eigenvalue weighted by Crippen LogP contribution is 2.37. The monoisotopic (exact) mass is 255 g/mol. The number of hydrogen-bond donors (Lipinski definition) is 1. The van der Waals surface area contributed by atoms with E-state index in [4.69, 9.17) is 4.98 Å². The lowest BCUT2D eigenvalue weighted by atomic mass is 9.95. The van der Waals surface area contributed by atoms with Gasteiger partial charge in [0.25, 0.3) is 0 Å². The van der Waals surface area contributed by atoms with Crippen LogP contribution in [0.3, 0.4) is 0 Å². The summed E-state index contributed by atoms with van der Waals surface area (Å²) in [5.74, 6) is 1.61. The standard InChI is InChI=1S/C16H21N3/c1-2-5-11-9-15(11)19-16-13(10-17)8-12-6-3-4-7-14(12)18-16/h8,11,15H,2-7,9H2,1H3,(H,18,19). The van der Waals surface area contributed by atoms with Crippen molar-refractivity contribution in [3.8, 4) is 6.07 Å². The van der Waals surface area contributed by atoms with Gasteiger partial charge in [0, 0.05) is 11.7 Å². The van der Waals surface area contributed by atoms with Crippen molar-refractivity contribution in [2.75, 3.05) is 5.32 Å². The van der Waals surface area contributed by atoms with Crippen molar-refractivity contribution in [3.63, 3.8) is 0 Å². The Kier molecular flexibility index (Phi) is 3.42. The average molecular weight is 255 g/mol. The summed E-state index contributed by atoms with van der Waals surface area (Å²) < 4.78 is 0. The molecule has 100 valence electrons. The Morgan fingerprint density at radius 3 is 3.05 bits per heavy atom. The minimum absolute atomic E-state index is 0.543. The Morgan fingerprint density at radius 2 is 2.26 bits per heavy atom. The third kappa shape index (κ3) is 2.58. The first kappa shape index (κ1) is 12.5. The molecule has 0 saturated heterocycles. The van der Waals surface area contributed by atoms with Gasteiger partial charge in [0.2, 0.25) is 0 Å². The van der Waals surface area contributed by atoms with Crippen LogP contribution in [-0.4, -0.2) is 11.0 Å². The van der Waals surface area contributed by atoms with Crippen molar-refractivity contribution in [1.82, 2.24) is 4.98 Å². The quantitative estimate of drug-likeness (QED) is 0.896. The molecule has 3 rings (SSSR count). The van der Waals surface area contributed by atoms with Gasteiger partial charge in [0.05, 0.1) is 5.56 Å². The molecule has 0 amide bonds. The summed E-state index contributed by atoms with van der Waals surface area (Å²) in [7, 11) is 0. The van der Waals surface area contributed by atoms with Crippen LogP contribution in [0.15, 0.2) is 6.07 Å². The molecular weight excluding hydrogens is 234 g/mol. The van der Waals surface area contributed by atoms with Crippen molar-refractivity contribution in [2.45, 2.75) is 57.9 Å². The van der Waals surface area contributed by atoms with Crippen LogP contribution in [0.25, 0.3) is 0 Å². The highest BCUT2D eigenvalue weighted by molar-refractivity contribution is 5.55. The SMILES string of the molecule is CCCC1CC1Nc1nc2c(cc1C#N)CCCC2. The Bertz CT molecular complexity index is 515. The summed E-state index contributed by atoms with van der Waals surface area (Å²) in [5.41, 5.74) is 3.22. The van der Waals surface area contributed by atoms with Gasteiger partial charge in [-0.05, 0) is 56.1 Å². The Balaban J connectivity index is 1.79. The number of hydrogen-bond acceptors (Lipinski definition) is 3. The van der Waals surface area contributed by atoms with E-state index < -0.39 is 0 Å². The van der Waals surface area contributed by atoms with Gasteiger partial charge in [-0.3, -0.25) is 0 Å². The molecule has 1 aromatic heterocycles. The number of pyridine rings is 1. The zero-order valence-electron chi connectivity index (χ0n) is 11.6. The van der Waals surface area contributed by atoms with Gasteiger partial charge < -0.3 is 5.32 Å². The molecule has 0 aromatic carbocycles. The molecule has 1 aromatic rings. The number of anilines is 1. The fourth-order valence-corrected chi connectivity index (χ4v) is 3.12. The van der Waals surface area contributed by atoms with Crippen molar-refractivity contribution in [3.05, 3.63) is 22.9 Å². The van der Waals surface area contributed by atoms with E-state index in [0.29, 0.717) is 6.04 Å². The molecule has 0 spiro atoms. The number of fused-ring (bicyclic) bond motifs is 1. The summed E-state index contributed by atoms with van der Waals surface area (Å²) in [6, 6.07) is 4.90. The molecule has 3 heteroatoms. The number of nitriles is 1. The summed E-state index contributed by atoms with van der Waals surface area (Å²) in [6.07, 6.45) is 8.37. The lowest BCUT2D eigenvalue weighted by Crippen LogP contribution is -2.13. The number of aromatic nitrogens is 1. The van der Waals surface area contributed by atoms with Crippen LogP contribution in [0, 0.1) is 17.2 Å². The topological polar surface area (TPSA) is 48.7 Å². The molecule has 2 atom stereocenters. The first-order valence-electron chi connectivity index (χ1n) is 7.51. The molecule has 19 heavy (non-hydrogen) atoms. The number of rotatable bonds is 4. The Labute approximate surface area is 115 Å². The molecule has 0 bridgehead atoms. The lowest BCUT2D eigenvalue weighted by Gasteiger charge is -2.17. The molecule has 1 N–H and O–H groups in total. The molecule has 2 unspecified atom stereocenters. The maximum absolute atomic E-state index is 9.29. The summed E-state index contributed by atoms with van der Waals surface area (Å²) >= 11 is 0. The zero-order valence-corrected chi connectivity index (χ0v) is 11.6. The maximum atomic E-state index is 9.29. The molecule has 0 radical (unpaired) electrons. The molecule has 1 saturated carbocycles. The molecule has 2 aliphatic rings. The van der Waals surface area contributed by atoms with E-state index in [1.807, 2.05) is 0 Å². The Morgan fingerprint density at radius 1 is 1.42 bits per heavy atom. The molecule has 1 fully saturated rings. The largest absolute Gasteiger partial charge is 0.366 e. The van der Waals surface area contributed by atoms with Crippen LogP contribution in [0.2, 0.25) is 0 Å². The average Bonchev–Trinajstić information content (AvgIpc) is 3.16. The maximum Gasteiger partial charge on any atom is 0.144 e. The van der Waals surface area contributed by atoms with E-state index in [1.54, 1.807) is 0 Å². The van der Waals surface area contributed by atoms with E-state index >= 15 is 0 Å². The fourth-order valence-electron chi connectivity index (χ4n) is 3.12. The second kappa shape index (κ2) is 5.21. The first-order valence-corrected chi connectivity index (χ1v) is 7.51. The third-order valence-electron chi connectivity index (χ3n) is 4.33. The summed E-state index contributed by atoms with van der Waals surface area (Å²) in [6.45, 7) is 2.23. The van der Waals surface area contributed by atoms with E-state index in [2.05, 4.69) is 24.4 Å². The second-order valence-electron chi connectivity index (χ2n) is 5.84.